The van der Waals surface area contributed by atoms with Crippen molar-refractivity contribution in [3.8, 4) is 22.8 Å². The minimum atomic E-state index is -2.96. The zero-order valence-corrected chi connectivity index (χ0v) is 12.8. The molecule has 1 aromatic carbocycles. The van der Waals surface area contributed by atoms with Gasteiger partial charge in [0.2, 0.25) is 5.88 Å². The van der Waals surface area contributed by atoms with Crippen LogP contribution < -0.4 is 9.47 Å². The number of alkyl halides is 2. The van der Waals surface area contributed by atoms with Crippen LogP contribution in [0.2, 0.25) is 0 Å². The van der Waals surface area contributed by atoms with Crippen molar-refractivity contribution in [1.82, 2.24) is 19.7 Å². The number of nitrogens with zero attached hydrogens (tertiary/aromatic N) is 4. The maximum Gasteiger partial charge on any atom is 0.388 e. The summed E-state index contributed by atoms with van der Waals surface area (Å²) in [6.07, 6.45) is 4.46. The number of methoxy groups -OCH3 is 1. The maximum atomic E-state index is 12.7. The molecule has 0 unspecified atom stereocenters. The van der Waals surface area contributed by atoms with E-state index in [4.69, 9.17) is 4.74 Å². The Morgan fingerprint density at radius 2 is 2.12 bits per heavy atom. The molecular formula is C16H14F2N4O2. The number of ether oxygens (including phenoxy) is 2. The number of hydrogen-bond donors (Lipinski definition) is 0. The Morgan fingerprint density at radius 3 is 2.83 bits per heavy atom. The molecule has 0 amide bonds. The van der Waals surface area contributed by atoms with Crippen molar-refractivity contribution in [2.24, 2.45) is 0 Å². The van der Waals surface area contributed by atoms with E-state index in [1.54, 1.807) is 41.3 Å². The standard InChI is InChI=1S/C16H14F2N4O2/c1-23-13-4-2-3-12(6-13)14-5-11(8-22-10-19-9-21-22)7-20-15(14)24-16(17)18/h2-7,9-10,16H,8H2,1H3. The Morgan fingerprint density at radius 1 is 1.25 bits per heavy atom. The van der Waals surface area contributed by atoms with E-state index in [0.717, 1.165) is 5.56 Å². The number of aromatic nitrogens is 4. The predicted octanol–water partition coefficient (Wildman–Crippen LogP) is 3.00. The lowest BCUT2D eigenvalue weighted by Crippen LogP contribution is -2.07. The topological polar surface area (TPSA) is 62.1 Å². The molecule has 0 bridgehead atoms. The summed E-state index contributed by atoms with van der Waals surface area (Å²) in [4.78, 5) is 7.90. The van der Waals surface area contributed by atoms with E-state index in [1.165, 1.54) is 19.6 Å². The SMILES string of the molecule is COc1cccc(-c2cc(Cn3cncn3)cnc2OC(F)F)c1. The molecule has 124 valence electrons. The normalized spacial score (nSPS) is 10.8. The van der Waals surface area contributed by atoms with Crippen LogP contribution in [0.3, 0.4) is 0 Å². The van der Waals surface area contributed by atoms with Crippen LogP contribution >= 0.6 is 0 Å². The first-order valence-corrected chi connectivity index (χ1v) is 7.06. The van der Waals surface area contributed by atoms with E-state index in [-0.39, 0.29) is 5.88 Å². The van der Waals surface area contributed by atoms with Gasteiger partial charge in [-0.2, -0.15) is 13.9 Å². The molecule has 6 nitrogen and oxygen atoms in total. The molecule has 0 radical (unpaired) electrons. The molecule has 2 aromatic heterocycles. The lowest BCUT2D eigenvalue weighted by Gasteiger charge is -2.12. The van der Waals surface area contributed by atoms with Gasteiger partial charge in [0.05, 0.1) is 13.7 Å². The van der Waals surface area contributed by atoms with Crippen molar-refractivity contribution in [2.75, 3.05) is 7.11 Å². The Labute approximate surface area is 136 Å². The second-order valence-electron chi connectivity index (χ2n) is 4.90. The van der Waals surface area contributed by atoms with E-state index < -0.39 is 6.61 Å². The van der Waals surface area contributed by atoms with E-state index in [1.807, 2.05) is 0 Å². The van der Waals surface area contributed by atoms with E-state index in [0.29, 0.717) is 23.4 Å². The second kappa shape index (κ2) is 7.03. The third-order valence-corrected chi connectivity index (χ3v) is 3.30. The fourth-order valence-electron chi connectivity index (χ4n) is 2.26. The van der Waals surface area contributed by atoms with Crippen LogP contribution in [0.1, 0.15) is 5.56 Å². The van der Waals surface area contributed by atoms with Gasteiger partial charge >= 0.3 is 6.61 Å². The zero-order chi connectivity index (χ0) is 16.9. The van der Waals surface area contributed by atoms with Crippen molar-refractivity contribution >= 4 is 0 Å². The molecule has 24 heavy (non-hydrogen) atoms. The molecular weight excluding hydrogens is 318 g/mol. The number of hydrogen-bond acceptors (Lipinski definition) is 5. The van der Waals surface area contributed by atoms with E-state index in [9.17, 15) is 8.78 Å². The van der Waals surface area contributed by atoms with Gasteiger partial charge in [0.25, 0.3) is 0 Å². The molecule has 3 rings (SSSR count). The molecule has 0 saturated carbocycles. The second-order valence-corrected chi connectivity index (χ2v) is 4.90. The molecule has 0 fully saturated rings. The summed E-state index contributed by atoms with van der Waals surface area (Å²) in [6, 6.07) is 8.78. The molecule has 0 saturated heterocycles. The average molecular weight is 332 g/mol. The molecule has 0 spiro atoms. The minimum Gasteiger partial charge on any atom is -0.497 e. The van der Waals surface area contributed by atoms with Gasteiger partial charge in [-0.05, 0) is 29.3 Å². The van der Waals surface area contributed by atoms with Gasteiger partial charge in [0, 0.05) is 11.8 Å². The number of pyridine rings is 1. The highest BCUT2D eigenvalue weighted by molar-refractivity contribution is 5.70. The lowest BCUT2D eigenvalue weighted by molar-refractivity contribution is -0.0524. The Bertz CT molecular complexity index is 810. The van der Waals surface area contributed by atoms with Crippen LogP contribution in [-0.2, 0) is 6.54 Å². The van der Waals surface area contributed by atoms with Gasteiger partial charge in [-0.25, -0.2) is 14.6 Å². The Balaban J connectivity index is 2.01. The fourth-order valence-corrected chi connectivity index (χ4v) is 2.26. The summed E-state index contributed by atoms with van der Waals surface area (Å²) >= 11 is 0. The van der Waals surface area contributed by atoms with Crippen molar-refractivity contribution < 1.29 is 18.3 Å². The maximum absolute atomic E-state index is 12.7. The summed E-state index contributed by atoms with van der Waals surface area (Å²) in [5.74, 6) is 0.470. The number of halogens is 2. The molecule has 3 aromatic rings. The van der Waals surface area contributed by atoms with Crippen molar-refractivity contribution in [1.29, 1.82) is 0 Å². The first-order valence-electron chi connectivity index (χ1n) is 7.06. The van der Waals surface area contributed by atoms with Gasteiger partial charge in [-0.3, -0.25) is 0 Å². The summed E-state index contributed by atoms with van der Waals surface area (Å²) in [5.41, 5.74) is 1.89. The van der Waals surface area contributed by atoms with E-state index >= 15 is 0 Å². The van der Waals surface area contributed by atoms with Gasteiger partial charge in [0.15, 0.2) is 0 Å². The third-order valence-electron chi connectivity index (χ3n) is 3.30. The van der Waals surface area contributed by atoms with Crippen molar-refractivity contribution in [3.63, 3.8) is 0 Å². The summed E-state index contributed by atoms with van der Waals surface area (Å²) in [5, 5.41) is 4.02. The van der Waals surface area contributed by atoms with Gasteiger partial charge in [0.1, 0.15) is 18.4 Å². The molecule has 0 aliphatic heterocycles. The number of rotatable bonds is 6. The molecule has 0 N–H and O–H groups in total. The lowest BCUT2D eigenvalue weighted by atomic mass is 10.0. The van der Waals surface area contributed by atoms with Gasteiger partial charge in [-0.1, -0.05) is 12.1 Å². The number of benzene rings is 1. The van der Waals surface area contributed by atoms with Crippen LogP contribution in [-0.4, -0.2) is 33.5 Å². The summed E-state index contributed by atoms with van der Waals surface area (Å²) < 4.78 is 36.7. The van der Waals surface area contributed by atoms with Gasteiger partial charge < -0.3 is 9.47 Å². The average Bonchev–Trinajstić information content (AvgIpc) is 3.09. The van der Waals surface area contributed by atoms with Crippen LogP contribution in [0.4, 0.5) is 8.78 Å². The summed E-state index contributed by atoms with van der Waals surface area (Å²) in [7, 11) is 1.54. The fraction of sp³-hybridized carbons (Fsp3) is 0.188. The van der Waals surface area contributed by atoms with Gasteiger partial charge in [-0.15, -0.1) is 0 Å². The largest absolute Gasteiger partial charge is 0.497 e. The minimum absolute atomic E-state index is 0.138. The van der Waals surface area contributed by atoms with Crippen LogP contribution in [0, 0.1) is 0 Å². The Kier molecular flexibility index (Phi) is 4.64. The molecule has 0 atom stereocenters. The molecule has 8 heteroatoms. The Hall–Kier alpha value is -3.03. The van der Waals surface area contributed by atoms with Crippen LogP contribution in [0.25, 0.3) is 11.1 Å². The first kappa shape index (κ1) is 15.9. The van der Waals surface area contributed by atoms with E-state index in [2.05, 4.69) is 19.8 Å². The van der Waals surface area contributed by atoms with Crippen molar-refractivity contribution in [2.45, 2.75) is 13.2 Å². The molecule has 0 aliphatic carbocycles. The summed E-state index contributed by atoms with van der Waals surface area (Å²) in [6.45, 7) is -2.54. The molecule has 0 aliphatic rings. The van der Waals surface area contributed by atoms with Crippen molar-refractivity contribution in [3.05, 3.63) is 54.7 Å². The quantitative estimate of drug-likeness (QED) is 0.694. The van der Waals surface area contributed by atoms with Crippen LogP contribution in [0.5, 0.6) is 11.6 Å². The van der Waals surface area contributed by atoms with Crippen LogP contribution in [0.15, 0.2) is 49.2 Å². The molecule has 2 heterocycles. The monoisotopic (exact) mass is 332 g/mol. The highest BCUT2D eigenvalue weighted by Gasteiger charge is 2.15. The highest BCUT2D eigenvalue weighted by atomic mass is 19.3. The first-order chi connectivity index (χ1) is 11.7. The zero-order valence-electron chi connectivity index (χ0n) is 12.8. The smallest absolute Gasteiger partial charge is 0.388 e. The third kappa shape index (κ3) is 3.65. The highest BCUT2D eigenvalue weighted by Crippen LogP contribution is 2.32. The predicted molar refractivity (Wildman–Crippen MR) is 82.0 cm³/mol.